The lowest BCUT2D eigenvalue weighted by Gasteiger charge is -2.12. The molecule has 2 rings (SSSR count). The number of hydrogen-bond acceptors (Lipinski definition) is 6. The monoisotopic (exact) mass is 391 g/mol. The molecule has 0 bridgehead atoms. The molecular formula is C19H21NO6S. The molecular weight excluding hydrogens is 370 g/mol. The minimum absolute atomic E-state index is 0.185. The third-order valence-corrected chi connectivity index (χ3v) is 5.00. The number of amides is 1. The first-order valence-electron chi connectivity index (χ1n) is 8.16. The summed E-state index contributed by atoms with van der Waals surface area (Å²) in [5, 5.41) is 2.61. The number of esters is 1. The van der Waals surface area contributed by atoms with E-state index in [1.54, 1.807) is 43.3 Å². The average molecular weight is 391 g/mol. The van der Waals surface area contributed by atoms with Crippen LogP contribution in [0.1, 0.15) is 17.3 Å². The predicted molar refractivity (Wildman–Crippen MR) is 102 cm³/mol. The van der Waals surface area contributed by atoms with E-state index in [-0.39, 0.29) is 5.56 Å². The normalized spacial score (nSPS) is 11.4. The highest BCUT2D eigenvalue weighted by Gasteiger charge is 2.17. The molecule has 0 saturated carbocycles. The van der Waals surface area contributed by atoms with Crippen LogP contribution in [0.15, 0.2) is 47.4 Å². The standard InChI is InChI=1S/C19H21NO6S/c1-4-27(23)17-8-6-5-7-14(17)19(22)26-12-18(21)20-15-11-13(24-2)9-10-16(15)25-3/h5-11H,4,12H2,1-3H3,(H,20,21). The third kappa shape index (κ3) is 5.30. The first-order valence-corrected chi connectivity index (χ1v) is 9.48. The molecule has 0 aliphatic carbocycles. The van der Waals surface area contributed by atoms with Gasteiger partial charge in [0.1, 0.15) is 11.5 Å². The van der Waals surface area contributed by atoms with E-state index in [0.717, 1.165) is 0 Å². The van der Waals surface area contributed by atoms with Gasteiger partial charge in [0.05, 0.1) is 41.2 Å². The summed E-state index contributed by atoms with van der Waals surface area (Å²) in [6.07, 6.45) is 0. The molecule has 0 aliphatic heterocycles. The van der Waals surface area contributed by atoms with Gasteiger partial charge in [-0.1, -0.05) is 19.1 Å². The first-order chi connectivity index (χ1) is 13.0. The highest BCUT2D eigenvalue weighted by atomic mass is 32.2. The van der Waals surface area contributed by atoms with Gasteiger partial charge in [-0.3, -0.25) is 9.00 Å². The fourth-order valence-corrected chi connectivity index (χ4v) is 3.23. The molecule has 2 aromatic rings. The van der Waals surface area contributed by atoms with Crippen molar-refractivity contribution in [2.45, 2.75) is 11.8 Å². The molecule has 1 unspecified atom stereocenters. The Hall–Kier alpha value is -2.87. The Bertz CT molecular complexity index is 852. The van der Waals surface area contributed by atoms with Crippen molar-refractivity contribution >= 4 is 28.4 Å². The Kier molecular flexibility index (Phi) is 7.36. The van der Waals surface area contributed by atoms with E-state index in [2.05, 4.69) is 5.32 Å². The molecule has 0 fully saturated rings. The van der Waals surface area contributed by atoms with Crippen LogP contribution in [0, 0.1) is 0 Å². The molecule has 27 heavy (non-hydrogen) atoms. The van der Waals surface area contributed by atoms with Gasteiger partial charge in [-0.15, -0.1) is 0 Å². The van der Waals surface area contributed by atoms with Gasteiger partial charge >= 0.3 is 5.97 Å². The van der Waals surface area contributed by atoms with Crippen LogP contribution in [0.25, 0.3) is 0 Å². The summed E-state index contributed by atoms with van der Waals surface area (Å²) in [4.78, 5) is 24.8. The molecule has 0 spiro atoms. The lowest BCUT2D eigenvalue weighted by atomic mass is 10.2. The van der Waals surface area contributed by atoms with Crippen LogP contribution >= 0.6 is 0 Å². The highest BCUT2D eigenvalue weighted by molar-refractivity contribution is 7.85. The maximum Gasteiger partial charge on any atom is 0.339 e. The Morgan fingerprint density at radius 1 is 1.07 bits per heavy atom. The van der Waals surface area contributed by atoms with Crippen molar-refractivity contribution in [3.63, 3.8) is 0 Å². The Balaban J connectivity index is 2.04. The second-order valence-electron chi connectivity index (χ2n) is 5.32. The van der Waals surface area contributed by atoms with Gasteiger partial charge in [0.25, 0.3) is 5.91 Å². The fourth-order valence-electron chi connectivity index (χ4n) is 2.30. The molecule has 0 aliphatic rings. The van der Waals surface area contributed by atoms with Gasteiger partial charge in [-0.25, -0.2) is 4.79 Å². The molecule has 8 heteroatoms. The number of rotatable bonds is 8. The Labute approximate surface area is 160 Å². The van der Waals surface area contributed by atoms with Gasteiger partial charge in [0.2, 0.25) is 0 Å². The molecule has 0 radical (unpaired) electrons. The molecule has 0 aromatic heterocycles. The van der Waals surface area contributed by atoms with Gasteiger partial charge in [-0.2, -0.15) is 0 Å². The average Bonchev–Trinajstić information content (AvgIpc) is 2.71. The lowest BCUT2D eigenvalue weighted by molar-refractivity contribution is -0.119. The minimum atomic E-state index is -1.31. The molecule has 2 aromatic carbocycles. The highest BCUT2D eigenvalue weighted by Crippen LogP contribution is 2.28. The van der Waals surface area contributed by atoms with E-state index in [0.29, 0.717) is 27.8 Å². The summed E-state index contributed by atoms with van der Waals surface area (Å²) in [7, 11) is 1.67. The van der Waals surface area contributed by atoms with Crippen LogP contribution in [-0.2, 0) is 20.3 Å². The van der Waals surface area contributed by atoms with E-state index < -0.39 is 29.3 Å². The number of carbonyl (C=O) groups is 2. The van der Waals surface area contributed by atoms with Crippen molar-refractivity contribution in [1.29, 1.82) is 0 Å². The van der Waals surface area contributed by atoms with Crippen molar-refractivity contribution < 1.29 is 28.0 Å². The minimum Gasteiger partial charge on any atom is -0.497 e. The van der Waals surface area contributed by atoms with Gasteiger partial charge < -0.3 is 19.5 Å². The molecule has 0 saturated heterocycles. The largest absolute Gasteiger partial charge is 0.497 e. The van der Waals surface area contributed by atoms with E-state index in [9.17, 15) is 13.8 Å². The van der Waals surface area contributed by atoms with Crippen molar-refractivity contribution in [1.82, 2.24) is 0 Å². The van der Waals surface area contributed by atoms with Crippen molar-refractivity contribution in [3.05, 3.63) is 48.0 Å². The smallest absolute Gasteiger partial charge is 0.339 e. The molecule has 144 valence electrons. The summed E-state index contributed by atoms with van der Waals surface area (Å²) in [6, 6.07) is 11.4. The number of carbonyl (C=O) groups excluding carboxylic acids is 2. The van der Waals surface area contributed by atoms with Gasteiger partial charge in [0, 0.05) is 11.8 Å². The number of ether oxygens (including phenoxy) is 3. The number of methoxy groups -OCH3 is 2. The SMILES string of the molecule is CCS(=O)c1ccccc1C(=O)OCC(=O)Nc1cc(OC)ccc1OC. The van der Waals surface area contributed by atoms with Crippen LogP contribution in [0.3, 0.4) is 0 Å². The van der Waals surface area contributed by atoms with Gasteiger partial charge in [0.15, 0.2) is 6.61 Å². The van der Waals surface area contributed by atoms with Crippen molar-refractivity contribution in [2.24, 2.45) is 0 Å². The van der Waals surface area contributed by atoms with Crippen LogP contribution in [0.2, 0.25) is 0 Å². The topological polar surface area (TPSA) is 90.9 Å². The van der Waals surface area contributed by atoms with Gasteiger partial charge in [-0.05, 0) is 24.3 Å². The van der Waals surface area contributed by atoms with E-state index in [1.165, 1.54) is 20.3 Å². The number of benzene rings is 2. The van der Waals surface area contributed by atoms with Crippen LogP contribution in [0.4, 0.5) is 5.69 Å². The maximum atomic E-state index is 12.3. The third-order valence-electron chi connectivity index (χ3n) is 3.63. The number of anilines is 1. The predicted octanol–water partition coefficient (Wildman–Crippen LogP) is 2.63. The Morgan fingerprint density at radius 3 is 2.48 bits per heavy atom. The number of hydrogen-bond donors (Lipinski definition) is 1. The van der Waals surface area contributed by atoms with Crippen LogP contribution in [0.5, 0.6) is 11.5 Å². The zero-order chi connectivity index (χ0) is 19.8. The maximum absolute atomic E-state index is 12.3. The lowest BCUT2D eigenvalue weighted by Crippen LogP contribution is -2.22. The number of nitrogens with one attached hydrogen (secondary N) is 1. The molecule has 0 heterocycles. The molecule has 7 nitrogen and oxygen atoms in total. The fraction of sp³-hybridized carbons (Fsp3) is 0.263. The Morgan fingerprint density at radius 2 is 1.81 bits per heavy atom. The van der Waals surface area contributed by atoms with Crippen LogP contribution in [-0.4, -0.2) is 42.7 Å². The second kappa shape index (κ2) is 9.72. The summed E-state index contributed by atoms with van der Waals surface area (Å²) < 4.78 is 27.4. The zero-order valence-electron chi connectivity index (χ0n) is 15.3. The summed E-state index contributed by atoms with van der Waals surface area (Å²) in [5.41, 5.74) is 0.579. The molecule has 1 atom stereocenters. The quantitative estimate of drug-likeness (QED) is 0.696. The second-order valence-corrected chi connectivity index (χ2v) is 7.03. The first kappa shape index (κ1) is 20.4. The molecule has 1 N–H and O–H groups in total. The summed E-state index contributed by atoms with van der Waals surface area (Å²) in [6.45, 7) is 1.26. The summed E-state index contributed by atoms with van der Waals surface area (Å²) >= 11 is 0. The van der Waals surface area contributed by atoms with E-state index in [4.69, 9.17) is 14.2 Å². The zero-order valence-corrected chi connectivity index (χ0v) is 16.1. The van der Waals surface area contributed by atoms with E-state index >= 15 is 0 Å². The van der Waals surface area contributed by atoms with Crippen molar-refractivity contribution in [3.8, 4) is 11.5 Å². The van der Waals surface area contributed by atoms with E-state index in [1.807, 2.05) is 0 Å². The summed E-state index contributed by atoms with van der Waals surface area (Å²) in [5.74, 6) is 0.114. The molecule has 1 amide bonds. The van der Waals surface area contributed by atoms with Crippen molar-refractivity contribution in [2.75, 3.05) is 31.9 Å². The van der Waals surface area contributed by atoms with Crippen LogP contribution < -0.4 is 14.8 Å².